The highest BCUT2D eigenvalue weighted by atomic mass is 35.5. The largest absolute Gasteiger partial charge is 0.481 e. The zero-order valence-electron chi connectivity index (χ0n) is 11.5. The first-order valence-electron chi connectivity index (χ1n) is 6.76. The molecule has 4 nitrogen and oxygen atoms in total. The summed E-state index contributed by atoms with van der Waals surface area (Å²) in [6.07, 6.45) is 4.32. The summed E-state index contributed by atoms with van der Waals surface area (Å²) in [5, 5.41) is 0. The molecule has 0 N–H and O–H groups in total. The fraction of sp³-hybridized carbons (Fsp3) is 0.571. The highest BCUT2D eigenvalue weighted by molar-refractivity contribution is 6.17. The average molecular weight is 282 g/mol. The molecule has 2 heterocycles. The lowest BCUT2D eigenvalue weighted by atomic mass is 10.2. The second kappa shape index (κ2) is 6.75. The first-order valence-corrected chi connectivity index (χ1v) is 7.29. The van der Waals surface area contributed by atoms with Gasteiger partial charge < -0.3 is 9.30 Å². The zero-order valence-corrected chi connectivity index (χ0v) is 12.3. The maximum atomic E-state index is 5.86. The van der Waals surface area contributed by atoms with Crippen LogP contribution in [-0.4, -0.2) is 27.5 Å². The SMILES string of the molecule is CCCCCn1c(CCCl)nc2ccc(OC)nc21. The maximum Gasteiger partial charge on any atom is 0.215 e. The molecule has 104 valence electrons. The number of imidazole rings is 1. The van der Waals surface area contributed by atoms with Gasteiger partial charge >= 0.3 is 0 Å². The summed E-state index contributed by atoms with van der Waals surface area (Å²) in [5.41, 5.74) is 1.81. The number of fused-ring (bicyclic) bond motifs is 1. The fourth-order valence-corrected chi connectivity index (χ4v) is 2.34. The number of hydrogen-bond donors (Lipinski definition) is 0. The molecule has 0 saturated heterocycles. The third-order valence-electron chi connectivity index (χ3n) is 3.16. The van der Waals surface area contributed by atoms with E-state index in [1.165, 1.54) is 12.8 Å². The second-order valence-electron chi connectivity index (χ2n) is 4.52. The van der Waals surface area contributed by atoms with Crippen LogP contribution < -0.4 is 4.74 Å². The van der Waals surface area contributed by atoms with Crippen molar-refractivity contribution in [2.75, 3.05) is 13.0 Å². The number of ether oxygens (including phenoxy) is 1. The number of alkyl halides is 1. The molecule has 5 heteroatoms. The van der Waals surface area contributed by atoms with Crippen LogP contribution in [0.4, 0.5) is 0 Å². The van der Waals surface area contributed by atoms with Crippen molar-refractivity contribution in [1.29, 1.82) is 0 Å². The molecule has 0 aliphatic carbocycles. The van der Waals surface area contributed by atoms with Gasteiger partial charge in [-0.25, -0.2) is 4.98 Å². The van der Waals surface area contributed by atoms with Gasteiger partial charge in [-0.2, -0.15) is 4.98 Å². The molecule has 2 rings (SSSR count). The summed E-state index contributed by atoms with van der Waals surface area (Å²) < 4.78 is 7.37. The lowest BCUT2D eigenvalue weighted by Crippen LogP contribution is -2.06. The molecule has 19 heavy (non-hydrogen) atoms. The van der Waals surface area contributed by atoms with Crippen LogP contribution in [0.2, 0.25) is 0 Å². The van der Waals surface area contributed by atoms with E-state index in [0.29, 0.717) is 11.8 Å². The van der Waals surface area contributed by atoms with Crippen molar-refractivity contribution in [3.8, 4) is 5.88 Å². The molecule has 0 fully saturated rings. The van der Waals surface area contributed by atoms with E-state index in [2.05, 4.69) is 21.5 Å². The van der Waals surface area contributed by atoms with Gasteiger partial charge in [0.15, 0.2) is 5.65 Å². The lowest BCUT2D eigenvalue weighted by molar-refractivity contribution is 0.398. The lowest BCUT2D eigenvalue weighted by Gasteiger charge is -2.07. The van der Waals surface area contributed by atoms with Crippen molar-refractivity contribution in [3.05, 3.63) is 18.0 Å². The predicted octanol–water partition coefficient (Wildman–Crippen LogP) is 3.41. The van der Waals surface area contributed by atoms with Gasteiger partial charge in [0, 0.05) is 24.9 Å². The normalized spacial score (nSPS) is 11.1. The average Bonchev–Trinajstić information content (AvgIpc) is 2.77. The van der Waals surface area contributed by atoms with E-state index >= 15 is 0 Å². The Labute approximate surface area is 118 Å². The Morgan fingerprint density at radius 3 is 2.79 bits per heavy atom. The smallest absolute Gasteiger partial charge is 0.215 e. The van der Waals surface area contributed by atoms with Crippen molar-refractivity contribution in [2.45, 2.75) is 39.2 Å². The molecule has 2 aromatic heterocycles. The quantitative estimate of drug-likeness (QED) is 0.577. The van der Waals surface area contributed by atoms with Crippen molar-refractivity contribution in [3.63, 3.8) is 0 Å². The van der Waals surface area contributed by atoms with Crippen molar-refractivity contribution >= 4 is 22.8 Å². The summed E-state index contributed by atoms with van der Waals surface area (Å²) >= 11 is 5.86. The molecule has 0 aliphatic rings. The van der Waals surface area contributed by atoms with Crippen LogP contribution in [0.1, 0.15) is 32.0 Å². The minimum Gasteiger partial charge on any atom is -0.481 e. The Bertz CT molecular complexity index is 539. The molecule has 0 saturated carbocycles. The van der Waals surface area contributed by atoms with Gasteiger partial charge in [-0.3, -0.25) is 0 Å². The van der Waals surface area contributed by atoms with E-state index < -0.39 is 0 Å². The molecular weight excluding hydrogens is 262 g/mol. The summed E-state index contributed by atoms with van der Waals surface area (Å²) in [7, 11) is 1.63. The number of halogens is 1. The Balaban J connectivity index is 2.38. The van der Waals surface area contributed by atoms with Gasteiger partial charge in [0.05, 0.1) is 7.11 Å². The van der Waals surface area contributed by atoms with Gasteiger partial charge in [-0.15, -0.1) is 11.6 Å². The number of unbranched alkanes of at least 4 members (excludes halogenated alkanes) is 2. The number of rotatable bonds is 7. The topological polar surface area (TPSA) is 39.9 Å². The second-order valence-corrected chi connectivity index (χ2v) is 4.90. The Morgan fingerprint density at radius 1 is 1.26 bits per heavy atom. The highest BCUT2D eigenvalue weighted by Crippen LogP contribution is 2.19. The van der Waals surface area contributed by atoms with Crippen LogP contribution in [0.5, 0.6) is 5.88 Å². The van der Waals surface area contributed by atoms with E-state index in [4.69, 9.17) is 16.3 Å². The van der Waals surface area contributed by atoms with Crippen LogP contribution >= 0.6 is 11.6 Å². The van der Waals surface area contributed by atoms with E-state index in [0.717, 1.165) is 36.4 Å². The molecule has 0 aromatic carbocycles. The van der Waals surface area contributed by atoms with Gasteiger partial charge in [0.1, 0.15) is 11.3 Å². The molecule has 0 bridgehead atoms. The summed E-state index contributed by atoms with van der Waals surface area (Å²) in [6, 6.07) is 3.80. The molecule has 0 unspecified atom stereocenters. The molecule has 0 atom stereocenters. The van der Waals surface area contributed by atoms with Crippen molar-refractivity contribution < 1.29 is 4.74 Å². The first kappa shape index (κ1) is 14.1. The fourth-order valence-electron chi connectivity index (χ4n) is 2.18. The van der Waals surface area contributed by atoms with Crippen LogP contribution in [0.15, 0.2) is 12.1 Å². The number of pyridine rings is 1. The van der Waals surface area contributed by atoms with Gasteiger partial charge in [-0.1, -0.05) is 19.8 Å². The van der Waals surface area contributed by atoms with Gasteiger partial charge in [-0.05, 0) is 12.5 Å². The van der Waals surface area contributed by atoms with E-state index in [1.54, 1.807) is 7.11 Å². The molecule has 0 aliphatic heterocycles. The number of methoxy groups -OCH3 is 1. The van der Waals surface area contributed by atoms with Crippen LogP contribution in [0, 0.1) is 0 Å². The number of hydrogen-bond acceptors (Lipinski definition) is 3. The Kier molecular flexibility index (Phi) is 5.02. The third kappa shape index (κ3) is 3.18. The minimum absolute atomic E-state index is 0.578. The summed E-state index contributed by atoms with van der Waals surface area (Å²) in [4.78, 5) is 9.13. The number of nitrogens with zero attached hydrogens (tertiary/aromatic N) is 3. The highest BCUT2D eigenvalue weighted by Gasteiger charge is 2.12. The van der Waals surface area contributed by atoms with E-state index in [-0.39, 0.29) is 0 Å². The molecule has 2 aromatic rings. The Morgan fingerprint density at radius 2 is 2.11 bits per heavy atom. The summed E-state index contributed by atoms with van der Waals surface area (Å²) in [5.74, 6) is 2.22. The third-order valence-corrected chi connectivity index (χ3v) is 3.35. The van der Waals surface area contributed by atoms with Gasteiger partial charge in [0.2, 0.25) is 5.88 Å². The summed E-state index contributed by atoms with van der Waals surface area (Å²) in [6.45, 7) is 3.14. The molecule has 0 radical (unpaired) electrons. The van der Waals surface area contributed by atoms with Crippen molar-refractivity contribution in [2.24, 2.45) is 0 Å². The van der Waals surface area contributed by atoms with E-state index in [1.807, 2.05) is 12.1 Å². The van der Waals surface area contributed by atoms with Crippen LogP contribution in [0.3, 0.4) is 0 Å². The van der Waals surface area contributed by atoms with Crippen LogP contribution in [-0.2, 0) is 13.0 Å². The first-order chi connectivity index (χ1) is 9.30. The minimum atomic E-state index is 0.578. The number of aryl methyl sites for hydroxylation is 2. The Hall–Kier alpha value is -1.29. The standard InChI is InChI=1S/C14H20ClN3O/c1-3-4-5-10-18-12(8-9-15)16-11-6-7-13(19-2)17-14(11)18/h6-7H,3-5,8-10H2,1-2H3. The van der Waals surface area contributed by atoms with E-state index in [9.17, 15) is 0 Å². The maximum absolute atomic E-state index is 5.86. The zero-order chi connectivity index (χ0) is 13.7. The molecule has 0 amide bonds. The van der Waals surface area contributed by atoms with Gasteiger partial charge in [0.25, 0.3) is 0 Å². The van der Waals surface area contributed by atoms with Crippen LogP contribution in [0.25, 0.3) is 11.2 Å². The monoisotopic (exact) mass is 281 g/mol. The van der Waals surface area contributed by atoms with Crippen molar-refractivity contribution in [1.82, 2.24) is 14.5 Å². The number of aromatic nitrogens is 3. The molecule has 0 spiro atoms. The molecular formula is C14H20ClN3O. The predicted molar refractivity (Wildman–Crippen MR) is 78.0 cm³/mol.